The molecule has 0 heterocycles. The Bertz CT molecular complexity index is 1000. The summed E-state index contributed by atoms with van der Waals surface area (Å²) in [6.07, 6.45) is 5.46. The maximum atomic E-state index is 11.1. The molecule has 33 heavy (non-hydrogen) atoms. The van der Waals surface area contributed by atoms with Gasteiger partial charge in [0.25, 0.3) is 0 Å². The van der Waals surface area contributed by atoms with Crippen LogP contribution in [0.4, 0.5) is 11.4 Å². The van der Waals surface area contributed by atoms with Gasteiger partial charge in [-0.25, -0.2) is 9.59 Å². The second-order valence-corrected chi connectivity index (χ2v) is 7.52. The molecule has 2 aromatic carbocycles. The van der Waals surface area contributed by atoms with Crippen LogP contribution >= 0.6 is 0 Å². The van der Waals surface area contributed by atoms with E-state index in [1.807, 2.05) is 72.1 Å². The van der Waals surface area contributed by atoms with Gasteiger partial charge in [-0.2, -0.15) is 0 Å². The molecule has 0 aliphatic heterocycles. The van der Waals surface area contributed by atoms with Crippen molar-refractivity contribution < 1.29 is 19.4 Å². The van der Waals surface area contributed by atoms with Crippen molar-refractivity contribution in [1.29, 1.82) is 0 Å². The molecule has 0 atom stereocenters. The van der Waals surface area contributed by atoms with Crippen LogP contribution in [-0.4, -0.2) is 37.7 Å². The lowest BCUT2D eigenvalue weighted by molar-refractivity contribution is -0.137. The standard InChI is InChI=1S/C14H19NO2.C13H17NO2/c1-5-12(14(16)17)8-11-6-9(2)13(15-4)10(3)7-11;1-4-16-13(15)8-6-11-5-7-12(14-3)10(2)9-11/h6-8,15H,5H2,1-4H3,(H,16,17);5-9,14H,4H2,1-3H3. The smallest absolute Gasteiger partial charge is 0.331 e. The van der Waals surface area contributed by atoms with E-state index < -0.39 is 5.97 Å². The largest absolute Gasteiger partial charge is 0.478 e. The highest BCUT2D eigenvalue weighted by Crippen LogP contribution is 2.23. The quantitative estimate of drug-likeness (QED) is 0.345. The van der Waals surface area contributed by atoms with Crippen molar-refractivity contribution in [2.45, 2.75) is 41.0 Å². The lowest BCUT2D eigenvalue weighted by Gasteiger charge is -2.10. The van der Waals surface area contributed by atoms with Crippen LogP contribution in [0.25, 0.3) is 12.2 Å². The number of hydrogen-bond acceptors (Lipinski definition) is 5. The van der Waals surface area contributed by atoms with Crippen molar-refractivity contribution >= 4 is 35.5 Å². The van der Waals surface area contributed by atoms with Gasteiger partial charge in [-0.15, -0.1) is 0 Å². The number of anilines is 2. The highest BCUT2D eigenvalue weighted by atomic mass is 16.5. The first-order valence-electron chi connectivity index (χ1n) is 11.0. The minimum atomic E-state index is -0.847. The molecule has 0 spiro atoms. The number of aliphatic carboxylic acids is 1. The summed E-state index contributed by atoms with van der Waals surface area (Å²) in [6, 6.07) is 9.95. The van der Waals surface area contributed by atoms with E-state index in [1.54, 1.807) is 19.1 Å². The molecule has 0 saturated heterocycles. The Morgan fingerprint density at radius 2 is 1.55 bits per heavy atom. The lowest BCUT2D eigenvalue weighted by Crippen LogP contribution is -2.00. The van der Waals surface area contributed by atoms with Crippen molar-refractivity contribution in [1.82, 2.24) is 0 Å². The summed E-state index contributed by atoms with van der Waals surface area (Å²) >= 11 is 0. The number of carbonyl (C=O) groups is 2. The Balaban J connectivity index is 0.000000331. The number of benzene rings is 2. The Hall–Kier alpha value is -3.54. The molecule has 2 rings (SSSR count). The first kappa shape index (κ1) is 27.5. The molecule has 0 fully saturated rings. The average molecular weight is 453 g/mol. The maximum absolute atomic E-state index is 11.1. The fourth-order valence-corrected chi connectivity index (χ4v) is 3.42. The van der Waals surface area contributed by atoms with E-state index in [1.165, 1.54) is 6.08 Å². The number of ether oxygens (including phenoxy) is 1. The maximum Gasteiger partial charge on any atom is 0.331 e. The summed E-state index contributed by atoms with van der Waals surface area (Å²) in [5.74, 6) is -1.15. The van der Waals surface area contributed by atoms with Crippen molar-refractivity contribution in [3.8, 4) is 0 Å². The van der Waals surface area contributed by atoms with Crippen molar-refractivity contribution in [2.75, 3.05) is 31.3 Å². The molecule has 0 unspecified atom stereocenters. The third-order valence-corrected chi connectivity index (χ3v) is 5.02. The molecular formula is C27H36N2O4. The Kier molecular flexibility index (Phi) is 11.5. The molecule has 6 heteroatoms. The minimum absolute atomic E-state index is 0.308. The lowest BCUT2D eigenvalue weighted by atomic mass is 10.0. The average Bonchev–Trinajstić information content (AvgIpc) is 2.76. The number of esters is 1. The van der Waals surface area contributed by atoms with Crippen LogP contribution < -0.4 is 10.6 Å². The van der Waals surface area contributed by atoms with Crippen molar-refractivity contribution in [2.24, 2.45) is 0 Å². The Morgan fingerprint density at radius 3 is 2.00 bits per heavy atom. The highest BCUT2D eigenvalue weighted by molar-refractivity contribution is 5.92. The van der Waals surface area contributed by atoms with Gasteiger partial charge in [0.05, 0.1) is 6.61 Å². The monoisotopic (exact) mass is 452 g/mol. The first-order valence-corrected chi connectivity index (χ1v) is 11.0. The molecular weight excluding hydrogens is 416 g/mol. The third-order valence-electron chi connectivity index (χ3n) is 5.02. The van der Waals surface area contributed by atoms with Crippen LogP contribution in [0.5, 0.6) is 0 Å². The van der Waals surface area contributed by atoms with Gasteiger partial charge in [0.15, 0.2) is 0 Å². The molecule has 0 aliphatic rings. The van der Waals surface area contributed by atoms with E-state index in [9.17, 15) is 9.59 Å². The van der Waals surface area contributed by atoms with Gasteiger partial charge < -0.3 is 20.5 Å². The first-order chi connectivity index (χ1) is 15.7. The Morgan fingerprint density at radius 1 is 0.939 bits per heavy atom. The number of carboxylic acids is 1. The van der Waals surface area contributed by atoms with Gasteiger partial charge in [0, 0.05) is 37.1 Å². The third kappa shape index (κ3) is 8.85. The van der Waals surface area contributed by atoms with E-state index in [2.05, 4.69) is 10.6 Å². The van der Waals surface area contributed by atoms with Crippen molar-refractivity contribution in [3.63, 3.8) is 0 Å². The highest BCUT2D eigenvalue weighted by Gasteiger charge is 2.07. The van der Waals surface area contributed by atoms with Crippen LogP contribution in [0.2, 0.25) is 0 Å². The summed E-state index contributed by atoms with van der Waals surface area (Å²) in [4.78, 5) is 22.1. The Labute approximate surface area is 197 Å². The number of aryl methyl sites for hydroxylation is 3. The van der Waals surface area contributed by atoms with E-state index in [0.717, 1.165) is 39.2 Å². The van der Waals surface area contributed by atoms with Crippen LogP contribution in [-0.2, 0) is 14.3 Å². The number of hydrogen-bond donors (Lipinski definition) is 3. The molecule has 3 N–H and O–H groups in total. The molecule has 178 valence electrons. The zero-order chi connectivity index (χ0) is 25.0. The van der Waals surface area contributed by atoms with E-state index >= 15 is 0 Å². The number of carboxylic acid groups (broad SMARTS) is 1. The number of carbonyl (C=O) groups excluding carboxylic acids is 1. The van der Waals surface area contributed by atoms with Crippen LogP contribution in [0.3, 0.4) is 0 Å². The summed E-state index contributed by atoms with van der Waals surface area (Å²) in [5, 5.41) is 15.2. The van der Waals surface area contributed by atoms with E-state index in [4.69, 9.17) is 9.84 Å². The second-order valence-electron chi connectivity index (χ2n) is 7.52. The molecule has 0 bridgehead atoms. The van der Waals surface area contributed by atoms with Gasteiger partial charge in [-0.3, -0.25) is 0 Å². The van der Waals surface area contributed by atoms with Crippen LogP contribution in [0.1, 0.15) is 48.1 Å². The van der Waals surface area contributed by atoms with Gasteiger partial charge in [-0.05, 0) is 98.4 Å². The topological polar surface area (TPSA) is 87.7 Å². The number of nitrogens with one attached hydrogen (secondary N) is 2. The summed E-state index contributed by atoms with van der Waals surface area (Å²) in [5.41, 5.74) is 7.96. The van der Waals surface area contributed by atoms with Gasteiger partial charge >= 0.3 is 11.9 Å². The fourth-order valence-electron chi connectivity index (χ4n) is 3.42. The van der Waals surface area contributed by atoms with Gasteiger partial charge in [-0.1, -0.05) is 13.0 Å². The molecule has 6 nitrogen and oxygen atoms in total. The molecule has 0 amide bonds. The molecule has 0 aliphatic carbocycles. The minimum Gasteiger partial charge on any atom is -0.478 e. The molecule has 0 radical (unpaired) electrons. The molecule has 2 aromatic rings. The van der Waals surface area contributed by atoms with Crippen LogP contribution in [0, 0.1) is 20.8 Å². The van der Waals surface area contributed by atoms with E-state index in [0.29, 0.717) is 18.6 Å². The normalized spacial score (nSPS) is 10.9. The molecule has 0 saturated carbocycles. The zero-order valence-corrected chi connectivity index (χ0v) is 20.7. The number of rotatable bonds is 8. The summed E-state index contributed by atoms with van der Waals surface area (Å²) in [6.45, 7) is 10.1. The van der Waals surface area contributed by atoms with Crippen LogP contribution in [0.15, 0.2) is 42.0 Å². The zero-order valence-electron chi connectivity index (χ0n) is 20.7. The molecule has 0 aromatic heterocycles. The predicted molar refractivity (Wildman–Crippen MR) is 138 cm³/mol. The van der Waals surface area contributed by atoms with E-state index in [-0.39, 0.29) is 5.97 Å². The summed E-state index contributed by atoms with van der Waals surface area (Å²) in [7, 11) is 3.77. The predicted octanol–water partition coefficient (Wildman–Crippen LogP) is 5.84. The van der Waals surface area contributed by atoms with Gasteiger partial charge in [0.2, 0.25) is 0 Å². The summed E-state index contributed by atoms with van der Waals surface area (Å²) < 4.78 is 4.80. The fraction of sp³-hybridized carbons (Fsp3) is 0.333. The SMILES string of the molecule is CCC(=Cc1cc(C)c(NC)c(C)c1)C(=O)O.CCOC(=O)C=Cc1ccc(NC)c(C)c1. The van der Waals surface area contributed by atoms with Gasteiger partial charge in [0.1, 0.15) is 0 Å². The van der Waals surface area contributed by atoms with Crippen molar-refractivity contribution in [3.05, 3.63) is 69.8 Å². The second kappa shape index (κ2) is 13.8.